The van der Waals surface area contributed by atoms with Crippen LogP contribution < -0.4 is 4.74 Å². The first-order chi connectivity index (χ1) is 6.43. The van der Waals surface area contributed by atoms with Crippen LogP contribution in [-0.2, 0) is 4.74 Å². The fraction of sp³-hybridized carbons (Fsp3) is 0.400. The third kappa shape index (κ3) is 4.50. The van der Waals surface area contributed by atoms with Crippen LogP contribution in [0.2, 0.25) is 0 Å². The highest BCUT2D eigenvalue weighted by Crippen LogP contribution is 2.06. The Morgan fingerprint density at radius 1 is 1.23 bits per heavy atom. The molecule has 0 saturated heterocycles. The first-order valence-electron chi connectivity index (χ1n) is 4.21. The van der Waals surface area contributed by atoms with Gasteiger partial charge in [0.25, 0.3) is 0 Å². The highest BCUT2D eigenvalue weighted by atomic mass is 16.5. The Morgan fingerprint density at radius 2 is 2.15 bits per heavy atom. The van der Waals surface area contributed by atoms with Crippen molar-refractivity contribution in [2.24, 2.45) is 0 Å². The van der Waals surface area contributed by atoms with Gasteiger partial charge in [-0.1, -0.05) is 18.2 Å². The van der Waals surface area contributed by atoms with Crippen molar-refractivity contribution in [1.29, 1.82) is 0 Å². The highest BCUT2D eigenvalue weighted by Gasteiger charge is 1.91. The molecule has 71 valence electrons. The molecule has 3 heteroatoms. The van der Waals surface area contributed by atoms with Crippen molar-refractivity contribution >= 4 is 0 Å². The molecule has 0 heterocycles. The molecule has 3 nitrogen and oxygen atoms in total. The van der Waals surface area contributed by atoms with E-state index in [4.69, 9.17) is 14.6 Å². The molecule has 0 aliphatic rings. The summed E-state index contributed by atoms with van der Waals surface area (Å²) in [7, 11) is 0. The molecule has 0 amide bonds. The van der Waals surface area contributed by atoms with E-state index in [1.165, 1.54) is 0 Å². The van der Waals surface area contributed by atoms with Gasteiger partial charge in [-0.2, -0.15) is 0 Å². The van der Waals surface area contributed by atoms with Crippen LogP contribution in [0.5, 0.6) is 5.75 Å². The molecule has 0 bridgehead atoms. The van der Waals surface area contributed by atoms with Crippen LogP contribution in [0.1, 0.15) is 0 Å². The Morgan fingerprint density at radius 3 is 2.85 bits per heavy atom. The Kier molecular flexibility index (Phi) is 4.98. The van der Waals surface area contributed by atoms with Crippen LogP contribution in [0, 0.1) is 6.07 Å². The molecule has 1 aromatic rings. The maximum absolute atomic E-state index is 8.41. The van der Waals surface area contributed by atoms with Crippen molar-refractivity contribution in [1.82, 2.24) is 0 Å². The van der Waals surface area contributed by atoms with E-state index >= 15 is 0 Å². The SMILES string of the molecule is OCCOCCOc1[c]cccc1. The zero-order chi connectivity index (χ0) is 9.36. The summed E-state index contributed by atoms with van der Waals surface area (Å²) in [4.78, 5) is 0. The Labute approximate surface area is 77.9 Å². The minimum absolute atomic E-state index is 0.0530. The van der Waals surface area contributed by atoms with E-state index in [2.05, 4.69) is 6.07 Å². The molecule has 0 aliphatic heterocycles. The molecular formula is C10H13O3. The fourth-order valence-corrected chi connectivity index (χ4v) is 0.844. The van der Waals surface area contributed by atoms with E-state index in [1.54, 1.807) is 6.07 Å². The summed E-state index contributed by atoms with van der Waals surface area (Å²) in [6, 6.07) is 10.3. The molecule has 0 saturated carbocycles. The average Bonchev–Trinajstić information content (AvgIpc) is 2.19. The molecule has 0 unspecified atom stereocenters. The standard InChI is InChI=1S/C10H13O3/c11-6-7-12-8-9-13-10-4-2-1-3-5-10/h1-4,11H,6-9H2. The lowest BCUT2D eigenvalue weighted by Crippen LogP contribution is -2.08. The second kappa shape index (κ2) is 6.46. The second-order valence-corrected chi connectivity index (χ2v) is 2.41. The van der Waals surface area contributed by atoms with Gasteiger partial charge in [-0.3, -0.25) is 0 Å². The van der Waals surface area contributed by atoms with Crippen LogP contribution in [0.15, 0.2) is 24.3 Å². The quantitative estimate of drug-likeness (QED) is 0.662. The highest BCUT2D eigenvalue weighted by molar-refractivity contribution is 5.19. The van der Waals surface area contributed by atoms with Gasteiger partial charge >= 0.3 is 0 Å². The minimum Gasteiger partial charge on any atom is -0.491 e. The lowest BCUT2D eigenvalue weighted by atomic mass is 10.3. The number of hydrogen-bond donors (Lipinski definition) is 1. The predicted molar refractivity (Wildman–Crippen MR) is 48.7 cm³/mol. The first kappa shape index (κ1) is 10.0. The smallest absolute Gasteiger partial charge is 0.127 e. The van der Waals surface area contributed by atoms with E-state index in [0.717, 1.165) is 5.75 Å². The van der Waals surface area contributed by atoms with E-state index < -0.39 is 0 Å². The second-order valence-electron chi connectivity index (χ2n) is 2.41. The van der Waals surface area contributed by atoms with Gasteiger partial charge < -0.3 is 14.6 Å². The van der Waals surface area contributed by atoms with Crippen molar-refractivity contribution in [3.05, 3.63) is 30.3 Å². The van der Waals surface area contributed by atoms with E-state index in [-0.39, 0.29) is 6.61 Å². The summed E-state index contributed by atoms with van der Waals surface area (Å²) >= 11 is 0. The molecule has 1 rings (SSSR count). The molecule has 1 N–H and O–H groups in total. The maximum atomic E-state index is 8.41. The largest absolute Gasteiger partial charge is 0.491 e. The van der Waals surface area contributed by atoms with Gasteiger partial charge in [-0.25, -0.2) is 0 Å². The van der Waals surface area contributed by atoms with Crippen LogP contribution in [0.25, 0.3) is 0 Å². The molecule has 0 aromatic heterocycles. The Bertz CT molecular complexity index is 211. The topological polar surface area (TPSA) is 38.7 Å². The molecular weight excluding hydrogens is 168 g/mol. The summed E-state index contributed by atoms with van der Waals surface area (Å²) in [5.74, 6) is 0.718. The van der Waals surface area contributed by atoms with Crippen LogP contribution in [-0.4, -0.2) is 31.5 Å². The van der Waals surface area contributed by atoms with E-state index in [9.17, 15) is 0 Å². The zero-order valence-corrected chi connectivity index (χ0v) is 7.40. The number of aliphatic hydroxyl groups is 1. The number of aliphatic hydroxyl groups excluding tert-OH is 1. The van der Waals surface area contributed by atoms with Crippen LogP contribution in [0.3, 0.4) is 0 Å². The molecule has 0 fully saturated rings. The summed E-state index contributed by atoms with van der Waals surface area (Å²) < 4.78 is 10.3. The average molecular weight is 181 g/mol. The molecule has 13 heavy (non-hydrogen) atoms. The normalized spacial score (nSPS) is 9.92. The van der Waals surface area contributed by atoms with Gasteiger partial charge in [-0.15, -0.1) is 0 Å². The lowest BCUT2D eigenvalue weighted by Gasteiger charge is -2.05. The number of hydrogen-bond acceptors (Lipinski definition) is 3. The van der Waals surface area contributed by atoms with Gasteiger partial charge in [0, 0.05) is 6.07 Å². The molecule has 1 aromatic carbocycles. The van der Waals surface area contributed by atoms with E-state index in [1.807, 2.05) is 18.2 Å². The molecule has 0 aliphatic carbocycles. The number of benzene rings is 1. The predicted octanol–water partition coefficient (Wildman–Crippen LogP) is 0.874. The Hall–Kier alpha value is -1.06. The van der Waals surface area contributed by atoms with Gasteiger partial charge in [0.1, 0.15) is 12.4 Å². The van der Waals surface area contributed by atoms with Crippen molar-refractivity contribution in [2.75, 3.05) is 26.4 Å². The molecule has 1 radical (unpaired) electrons. The maximum Gasteiger partial charge on any atom is 0.127 e. The molecule has 0 spiro atoms. The zero-order valence-electron chi connectivity index (χ0n) is 7.40. The Balaban J connectivity index is 2.07. The van der Waals surface area contributed by atoms with Gasteiger partial charge in [-0.05, 0) is 6.07 Å². The van der Waals surface area contributed by atoms with Crippen molar-refractivity contribution in [2.45, 2.75) is 0 Å². The first-order valence-corrected chi connectivity index (χ1v) is 4.21. The minimum atomic E-state index is 0.0530. The van der Waals surface area contributed by atoms with Crippen molar-refractivity contribution < 1.29 is 14.6 Å². The summed E-state index contributed by atoms with van der Waals surface area (Å²) in [6.45, 7) is 1.39. The van der Waals surface area contributed by atoms with Crippen molar-refractivity contribution in [3.8, 4) is 5.75 Å². The summed E-state index contributed by atoms with van der Waals surface area (Å²) in [6.07, 6.45) is 0. The molecule has 0 atom stereocenters. The van der Waals surface area contributed by atoms with Gasteiger partial charge in [0.15, 0.2) is 0 Å². The van der Waals surface area contributed by atoms with Crippen molar-refractivity contribution in [3.63, 3.8) is 0 Å². The third-order valence-corrected chi connectivity index (χ3v) is 1.40. The monoisotopic (exact) mass is 181 g/mol. The third-order valence-electron chi connectivity index (χ3n) is 1.40. The van der Waals surface area contributed by atoms with Crippen LogP contribution >= 0.6 is 0 Å². The summed E-state index contributed by atoms with van der Waals surface area (Å²) in [5.41, 5.74) is 0. The lowest BCUT2D eigenvalue weighted by molar-refractivity contribution is 0.0704. The summed E-state index contributed by atoms with van der Waals surface area (Å²) in [5, 5.41) is 8.41. The number of para-hydroxylation sites is 1. The fourth-order valence-electron chi connectivity index (χ4n) is 0.844. The number of rotatable bonds is 6. The van der Waals surface area contributed by atoms with Gasteiger partial charge in [0.05, 0.1) is 19.8 Å². The van der Waals surface area contributed by atoms with Crippen LogP contribution in [0.4, 0.5) is 0 Å². The van der Waals surface area contributed by atoms with Gasteiger partial charge in [0.2, 0.25) is 0 Å². The number of ether oxygens (including phenoxy) is 2. The van der Waals surface area contributed by atoms with E-state index in [0.29, 0.717) is 19.8 Å².